The Morgan fingerprint density at radius 3 is 3.05 bits per heavy atom. The zero-order valence-corrected chi connectivity index (χ0v) is 13.3. The van der Waals surface area contributed by atoms with E-state index in [4.69, 9.17) is 0 Å². The fourth-order valence-corrected chi connectivity index (χ4v) is 4.44. The highest BCUT2D eigenvalue weighted by Crippen LogP contribution is 2.34. The highest BCUT2D eigenvalue weighted by atomic mass is 32.2. The van der Waals surface area contributed by atoms with Crippen LogP contribution in [-0.4, -0.2) is 15.3 Å². The molecule has 20 heavy (non-hydrogen) atoms. The lowest BCUT2D eigenvalue weighted by molar-refractivity contribution is 0.729. The Balaban J connectivity index is 2.22. The number of fused-ring (bicyclic) bond motifs is 1. The third kappa shape index (κ3) is 2.24. The number of aromatic nitrogens is 2. The summed E-state index contributed by atoms with van der Waals surface area (Å²) in [5.41, 5.74) is 1.01. The molecule has 0 aromatic carbocycles. The van der Waals surface area contributed by atoms with E-state index in [-0.39, 0.29) is 5.56 Å². The summed E-state index contributed by atoms with van der Waals surface area (Å²) in [7, 11) is 1.77. The van der Waals surface area contributed by atoms with Gasteiger partial charge in [0.25, 0.3) is 5.56 Å². The molecule has 3 aromatic heterocycles. The summed E-state index contributed by atoms with van der Waals surface area (Å²) in [4.78, 5) is 19.1. The number of thioether (sulfide) groups is 1. The van der Waals surface area contributed by atoms with Crippen LogP contribution in [0.15, 0.2) is 45.5 Å². The molecule has 6 heteroatoms. The number of hydrogen-bond donors (Lipinski definition) is 0. The topological polar surface area (TPSA) is 34.9 Å². The predicted octanol–water partition coefficient (Wildman–Crippen LogP) is 4.00. The fourth-order valence-electron chi connectivity index (χ4n) is 1.93. The van der Waals surface area contributed by atoms with Crippen molar-refractivity contribution in [2.45, 2.75) is 5.16 Å². The zero-order valence-electron chi connectivity index (χ0n) is 10.8. The Morgan fingerprint density at radius 2 is 2.35 bits per heavy atom. The molecule has 0 spiro atoms. The van der Waals surface area contributed by atoms with Gasteiger partial charge in [0.05, 0.1) is 5.39 Å². The van der Waals surface area contributed by atoms with E-state index in [2.05, 4.69) is 11.6 Å². The number of thiophene rings is 2. The molecule has 0 unspecified atom stereocenters. The quantitative estimate of drug-likeness (QED) is 0.414. The first kappa shape index (κ1) is 13.6. The second kappa shape index (κ2) is 5.55. The summed E-state index contributed by atoms with van der Waals surface area (Å²) < 4.78 is 1.63. The average Bonchev–Trinajstić information content (AvgIpc) is 3.09. The lowest BCUT2D eigenvalue weighted by Crippen LogP contribution is -2.19. The van der Waals surface area contributed by atoms with Crippen molar-refractivity contribution in [3.63, 3.8) is 0 Å². The zero-order chi connectivity index (χ0) is 14.1. The lowest BCUT2D eigenvalue weighted by atomic mass is 10.2. The molecule has 3 rings (SSSR count). The van der Waals surface area contributed by atoms with Gasteiger partial charge >= 0.3 is 0 Å². The van der Waals surface area contributed by atoms with E-state index < -0.39 is 0 Å². The van der Waals surface area contributed by atoms with Crippen LogP contribution in [0.1, 0.15) is 0 Å². The maximum Gasteiger partial charge on any atom is 0.263 e. The number of rotatable bonds is 4. The largest absolute Gasteiger partial charge is 0.290 e. The van der Waals surface area contributed by atoms with Crippen LogP contribution in [0.3, 0.4) is 0 Å². The van der Waals surface area contributed by atoms with Crippen molar-refractivity contribution in [3.8, 4) is 10.4 Å². The van der Waals surface area contributed by atoms with Crippen molar-refractivity contribution in [3.05, 3.63) is 45.9 Å². The fraction of sp³-hybridized carbons (Fsp3) is 0.143. The summed E-state index contributed by atoms with van der Waals surface area (Å²) >= 11 is 4.69. The molecule has 102 valence electrons. The normalized spacial score (nSPS) is 11.1. The molecule has 0 amide bonds. The van der Waals surface area contributed by atoms with Gasteiger partial charge in [0, 0.05) is 28.6 Å². The van der Waals surface area contributed by atoms with Crippen LogP contribution in [0.4, 0.5) is 0 Å². The predicted molar refractivity (Wildman–Crippen MR) is 89.1 cm³/mol. The van der Waals surface area contributed by atoms with E-state index >= 15 is 0 Å². The van der Waals surface area contributed by atoms with Crippen LogP contribution >= 0.6 is 34.4 Å². The van der Waals surface area contributed by atoms with Gasteiger partial charge in [-0.25, -0.2) is 4.98 Å². The second-order valence-electron chi connectivity index (χ2n) is 4.17. The molecular weight excluding hydrogens is 308 g/mol. The molecule has 0 atom stereocenters. The van der Waals surface area contributed by atoms with Gasteiger partial charge in [0.2, 0.25) is 0 Å². The molecule has 0 aliphatic heterocycles. The standard InChI is InChI=1S/C14H12N2OS3/c1-3-6-19-14-15-12-11(13(17)16(14)2)9(8-20-12)10-5-4-7-18-10/h3-5,7-8H,1,6H2,2H3. The Morgan fingerprint density at radius 1 is 1.50 bits per heavy atom. The first-order chi connectivity index (χ1) is 9.72. The molecule has 3 aromatic rings. The second-order valence-corrected chi connectivity index (χ2v) is 6.96. The SMILES string of the molecule is C=CCSc1nc2scc(-c3cccs3)c2c(=O)n1C. The third-order valence-corrected chi connectivity index (χ3v) is 5.69. The van der Waals surface area contributed by atoms with Crippen molar-refractivity contribution < 1.29 is 0 Å². The Hall–Kier alpha value is -1.37. The third-order valence-electron chi connectivity index (χ3n) is 2.89. The minimum absolute atomic E-state index is 0.0196. The maximum absolute atomic E-state index is 12.6. The average molecular weight is 320 g/mol. The van der Waals surface area contributed by atoms with Crippen molar-refractivity contribution in [1.82, 2.24) is 9.55 Å². The van der Waals surface area contributed by atoms with E-state index in [1.807, 2.05) is 29.0 Å². The minimum Gasteiger partial charge on any atom is -0.290 e. The Bertz CT molecular complexity index is 815. The van der Waals surface area contributed by atoms with Gasteiger partial charge < -0.3 is 0 Å². The molecule has 3 nitrogen and oxygen atoms in total. The van der Waals surface area contributed by atoms with Crippen LogP contribution in [0, 0.1) is 0 Å². The molecule has 0 saturated heterocycles. The molecule has 0 aliphatic rings. The van der Waals surface area contributed by atoms with Gasteiger partial charge in [-0.3, -0.25) is 9.36 Å². The lowest BCUT2D eigenvalue weighted by Gasteiger charge is -2.06. The van der Waals surface area contributed by atoms with E-state index in [9.17, 15) is 4.79 Å². The van der Waals surface area contributed by atoms with Crippen molar-refractivity contribution in [2.75, 3.05) is 5.75 Å². The molecule has 0 bridgehead atoms. The van der Waals surface area contributed by atoms with Crippen LogP contribution in [0.25, 0.3) is 20.7 Å². The summed E-state index contributed by atoms with van der Waals surface area (Å²) in [6, 6.07) is 4.03. The van der Waals surface area contributed by atoms with E-state index in [0.29, 0.717) is 0 Å². The summed E-state index contributed by atoms with van der Waals surface area (Å²) in [6.07, 6.45) is 1.81. The number of nitrogens with zero attached hydrogens (tertiary/aromatic N) is 2. The van der Waals surface area contributed by atoms with Gasteiger partial charge in [-0.05, 0) is 11.4 Å². The Labute approximate surface area is 128 Å². The molecule has 0 radical (unpaired) electrons. The summed E-state index contributed by atoms with van der Waals surface area (Å²) in [5.74, 6) is 0.745. The van der Waals surface area contributed by atoms with Crippen LogP contribution < -0.4 is 5.56 Å². The minimum atomic E-state index is 0.0196. The smallest absolute Gasteiger partial charge is 0.263 e. The van der Waals surface area contributed by atoms with Gasteiger partial charge in [-0.1, -0.05) is 23.9 Å². The molecule has 0 saturated carbocycles. The highest BCUT2D eigenvalue weighted by molar-refractivity contribution is 7.99. The molecule has 0 N–H and O–H groups in total. The van der Waals surface area contributed by atoms with E-state index in [1.54, 1.807) is 23.0 Å². The summed E-state index contributed by atoms with van der Waals surface area (Å²) in [6.45, 7) is 3.70. The first-order valence-electron chi connectivity index (χ1n) is 5.98. The van der Waals surface area contributed by atoms with E-state index in [0.717, 1.165) is 31.6 Å². The van der Waals surface area contributed by atoms with Crippen molar-refractivity contribution >= 4 is 44.7 Å². The van der Waals surface area contributed by atoms with Gasteiger partial charge in [0.1, 0.15) is 4.83 Å². The Kier molecular flexibility index (Phi) is 3.78. The summed E-state index contributed by atoms with van der Waals surface area (Å²) in [5, 5.41) is 5.50. The monoisotopic (exact) mass is 320 g/mol. The highest BCUT2D eigenvalue weighted by Gasteiger charge is 2.15. The molecule has 0 fully saturated rings. The van der Waals surface area contributed by atoms with Gasteiger partial charge in [0.15, 0.2) is 5.16 Å². The number of hydrogen-bond acceptors (Lipinski definition) is 5. The molecular formula is C14H12N2OS3. The van der Waals surface area contributed by atoms with E-state index in [1.165, 1.54) is 23.1 Å². The van der Waals surface area contributed by atoms with Crippen LogP contribution in [0.2, 0.25) is 0 Å². The van der Waals surface area contributed by atoms with Gasteiger partial charge in [-0.15, -0.1) is 29.3 Å². The molecule has 3 heterocycles. The van der Waals surface area contributed by atoms with Crippen LogP contribution in [-0.2, 0) is 7.05 Å². The maximum atomic E-state index is 12.6. The first-order valence-corrected chi connectivity index (χ1v) is 8.72. The molecule has 0 aliphatic carbocycles. The van der Waals surface area contributed by atoms with Crippen molar-refractivity contribution in [2.24, 2.45) is 7.05 Å². The van der Waals surface area contributed by atoms with Gasteiger partial charge in [-0.2, -0.15) is 0 Å². The van der Waals surface area contributed by atoms with Crippen molar-refractivity contribution in [1.29, 1.82) is 0 Å². The van der Waals surface area contributed by atoms with Crippen LogP contribution in [0.5, 0.6) is 0 Å².